The van der Waals surface area contributed by atoms with E-state index in [2.05, 4.69) is 11.3 Å². The van der Waals surface area contributed by atoms with Crippen molar-refractivity contribution in [1.29, 1.82) is 0 Å². The minimum absolute atomic E-state index is 0.0598. The molecule has 1 atom stereocenters. The molecule has 0 radical (unpaired) electrons. The Morgan fingerprint density at radius 3 is 2.18 bits per heavy atom. The fourth-order valence-corrected chi connectivity index (χ4v) is 1.44. The van der Waals surface area contributed by atoms with Gasteiger partial charge in [0.25, 0.3) is 0 Å². The summed E-state index contributed by atoms with van der Waals surface area (Å²) in [5.74, 6) is -1.58. The molecule has 0 N–H and O–H groups in total. The number of carbonyl (C=O) groups excluding carboxylic acids is 2. The van der Waals surface area contributed by atoms with E-state index >= 15 is 0 Å². The standard InChI is InChI=1S/C12H19ClO4/c1-8(13)6-9(11(15)16-5)7-10(14)17-12(2,3)4/h9H,1,6-7H2,2-5H3/t9-/m0/s1. The Kier molecular flexibility index (Phi) is 6.24. The molecule has 0 spiro atoms. The van der Waals surface area contributed by atoms with Crippen LogP contribution in [-0.4, -0.2) is 24.6 Å². The van der Waals surface area contributed by atoms with E-state index in [0.717, 1.165) is 0 Å². The van der Waals surface area contributed by atoms with Crippen molar-refractivity contribution in [3.63, 3.8) is 0 Å². The third-order valence-corrected chi connectivity index (χ3v) is 1.99. The molecular formula is C12H19ClO4. The summed E-state index contributed by atoms with van der Waals surface area (Å²) in [7, 11) is 1.27. The maximum Gasteiger partial charge on any atom is 0.309 e. The van der Waals surface area contributed by atoms with Crippen LogP contribution in [0.25, 0.3) is 0 Å². The molecule has 0 aliphatic rings. The second-order valence-electron chi connectivity index (χ2n) is 4.73. The fourth-order valence-electron chi connectivity index (χ4n) is 1.26. The number of hydrogen-bond acceptors (Lipinski definition) is 4. The molecule has 0 saturated heterocycles. The molecule has 5 heteroatoms. The number of ether oxygens (including phenoxy) is 2. The number of carbonyl (C=O) groups is 2. The molecule has 4 nitrogen and oxygen atoms in total. The summed E-state index contributed by atoms with van der Waals surface area (Å²) >= 11 is 5.64. The molecule has 0 aromatic carbocycles. The minimum atomic E-state index is -0.639. The quantitative estimate of drug-likeness (QED) is 0.715. The maximum atomic E-state index is 11.6. The van der Waals surface area contributed by atoms with Crippen LogP contribution in [-0.2, 0) is 19.1 Å². The Labute approximate surface area is 107 Å². The van der Waals surface area contributed by atoms with Crippen LogP contribution in [0.15, 0.2) is 11.6 Å². The van der Waals surface area contributed by atoms with Crippen molar-refractivity contribution >= 4 is 23.5 Å². The molecule has 0 unspecified atom stereocenters. The summed E-state index contributed by atoms with van der Waals surface area (Å²) in [4.78, 5) is 23.0. The normalized spacial score (nSPS) is 12.8. The first-order chi connectivity index (χ1) is 7.65. The number of methoxy groups -OCH3 is 1. The van der Waals surface area contributed by atoms with Crippen molar-refractivity contribution in [3.05, 3.63) is 11.6 Å². The highest BCUT2D eigenvalue weighted by atomic mass is 35.5. The Morgan fingerprint density at radius 1 is 1.29 bits per heavy atom. The SMILES string of the molecule is C=C(Cl)C[C@@H](CC(=O)OC(C)(C)C)C(=O)OC. The molecule has 17 heavy (non-hydrogen) atoms. The zero-order chi connectivity index (χ0) is 13.6. The van der Waals surface area contributed by atoms with Gasteiger partial charge in [-0.25, -0.2) is 0 Å². The molecule has 0 saturated carbocycles. The lowest BCUT2D eigenvalue weighted by Crippen LogP contribution is -2.27. The average Bonchev–Trinajstić information content (AvgIpc) is 2.11. The summed E-state index contributed by atoms with van der Waals surface area (Å²) in [5, 5.41) is 0.309. The van der Waals surface area contributed by atoms with Crippen molar-refractivity contribution in [3.8, 4) is 0 Å². The van der Waals surface area contributed by atoms with Gasteiger partial charge in [-0.1, -0.05) is 18.2 Å². The van der Waals surface area contributed by atoms with Crippen LogP contribution in [0, 0.1) is 5.92 Å². The highest BCUT2D eigenvalue weighted by molar-refractivity contribution is 6.29. The highest BCUT2D eigenvalue weighted by Crippen LogP contribution is 2.20. The molecule has 98 valence electrons. The fraction of sp³-hybridized carbons (Fsp3) is 0.667. The van der Waals surface area contributed by atoms with Gasteiger partial charge in [-0.2, -0.15) is 0 Å². The summed E-state index contributed by atoms with van der Waals surface area (Å²) in [5.41, 5.74) is -0.574. The lowest BCUT2D eigenvalue weighted by Gasteiger charge is -2.21. The van der Waals surface area contributed by atoms with Crippen LogP contribution < -0.4 is 0 Å². The van der Waals surface area contributed by atoms with Gasteiger partial charge in [0.15, 0.2) is 0 Å². The highest BCUT2D eigenvalue weighted by Gasteiger charge is 2.26. The monoisotopic (exact) mass is 262 g/mol. The Bertz CT molecular complexity index is 304. The zero-order valence-corrected chi connectivity index (χ0v) is 11.5. The second kappa shape index (κ2) is 6.64. The molecule has 0 fully saturated rings. The number of hydrogen-bond donors (Lipinski definition) is 0. The molecule has 0 aliphatic heterocycles. The summed E-state index contributed by atoms with van der Waals surface area (Å²) in [6.07, 6.45) is 0.142. The molecule has 0 aromatic heterocycles. The van der Waals surface area contributed by atoms with Crippen molar-refractivity contribution in [1.82, 2.24) is 0 Å². The zero-order valence-electron chi connectivity index (χ0n) is 10.7. The van der Waals surface area contributed by atoms with Crippen molar-refractivity contribution in [2.24, 2.45) is 5.92 Å². The number of halogens is 1. The summed E-state index contributed by atoms with van der Waals surface area (Å²) < 4.78 is 9.72. The third-order valence-electron chi connectivity index (χ3n) is 1.84. The van der Waals surface area contributed by atoms with Crippen LogP contribution in [0.3, 0.4) is 0 Å². The number of allylic oxidation sites excluding steroid dienone is 1. The van der Waals surface area contributed by atoms with E-state index in [1.165, 1.54) is 7.11 Å². The summed E-state index contributed by atoms with van der Waals surface area (Å²) in [6, 6.07) is 0. The van der Waals surface area contributed by atoms with Crippen molar-refractivity contribution in [2.45, 2.75) is 39.2 Å². The van der Waals surface area contributed by atoms with E-state index in [1.54, 1.807) is 20.8 Å². The predicted octanol–water partition coefficient (Wildman–Crippen LogP) is 2.65. The Morgan fingerprint density at radius 2 is 1.82 bits per heavy atom. The smallest absolute Gasteiger partial charge is 0.309 e. The van der Waals surface area contributed by atoms with Gasteiger partial charge < -0.3 is 9.47 Å². The lowest BCUT2D eigenvalue weighted by atomic mass is 10.0. The van der Waals surface area contributed by atoms with Crippen LogP contribution in [0.4, 0.5) is 0 Å². The Balaban J connectivity index is 4.48. The van der Waals surface area contributed by atoms with E-state index in [9.17, 15) is 9.59 Å². The number of esters is 2. The Hall–Kier alpha value is -1.03. The predicted molar refractivity (Wildman–Crippen MR) is 65.6 cm³/mol. The van der Waals surface area contributed by atoms with Gasteiger partial charge >= 0.3 is 11.9 Å². The molecule has 0 aromatic rings. The van der Waals surface area contributed by atoms with Gasteiger partial charge in [-0.3, -0.25) is 9.59 Å². The third kappa shape index (κ3) is 7.80. The molecule has 0 heterocycles. The lowest BCUT2D eigenvalue weighted by molar-refractivity contribution is -0.160. The van der Waals surface area contributed by atoms with Gasteiger partial charge in [-0.05, 0) is 27.2 Å². The maximum absolute atomic E-state index is 11.6. The van der Waals surface area contributed by atoms with Crippen molar-refractivity contribution < 1.29 is 19.1 Å². The number of rotatable bonds is 5. The molecular weight excluding hydrogens is 244 g/mol. The topological polar surface area (TPSA) is 52.6 Å². The van der Waals surface area contributed by atoms with E-state index in [1.807, 2.05) is 0 Å². The molecule has 0 aliphatic carbocycles. The molecule has 0 bridgehead atoms. The van der Waals surface area contributed by atoms with E-state index in [-0.39, 0.29) is 12.8 Å². The molecule has 0 rings (SSSR count). The summed E-state index contributed by atoms with van der Waals surface area (Å²) in [6.45, 7) is 8.79. The first-order valence-electron chi connectivity index (χ1n) is 5.28. The van der Waals surface area contributed by atoms with Gasteiger partial charge in [-0.15, -0.1) is 0 Å². The molecule has 0 amide bonds. The largest absolute Gasteiger partial charge is 0.469 e. The average molecular weight is 263 g/mol. The van der Waals surface area contributed by atoms with Crippen LogP contribution in [0.2, 0.25) is 0 Å². The van der Waals surface area contributed by atoms with E-state index < -0.39 is 23.5 Å². The van der Waals surface area contributed by atoms with Gasteiger partial charge in [0.1, 0.15) is 5.60 Å². The van der Waals surface area contributed by atoms with Crippen molar-refractivity contribution in [2.75, 3.05) is 7.11 Å². The van der Waals surface area contributed by atoms with Gasteiger partial charge in [0, 0.05) is 5.03 Å². The van der Waals surface area contributed by atoms with Crippen LogP contribution in [0.1, 0.15) is 33.6 Å². The second-order valence-corrected chi connectivity index (χ2v) is 5.27. The van der Waals surface area contributed by atoms with Crippen LogP contribution in [0.5, 0.6) is 0 Å². The van der Waals surface area contributed by atoms with E-state index in [4.69, 9.17) is 16.3 Å². The first-order valence-corrected chi connectivity index (χ1v) is 5.66. The minimum Gasteiger partial charge on any atom is -0.469 e. The van der Waals surface area contributed by atoms with Crippen LogP contribution >= 0.6 is 11.6 Å². The van der Waals surface area contributed by atoms with Gasteiger partial charge in [0.05, 0.1) is 19.4 Å². The van der Waals surface area contributed by atoms with Gasteiger partial charge in [0.2, 0.25) is 0 Å². The van der Waals surface area contributed by atoms with E-state index in [0.29, 0.717) is 5.03 Å². The first kappa shape index (κ1) is 16.0.